The highest BCUT2D eigenvalue weighted by molar-refractivity contribution is 5.59. The quantitative estimate of drug-likeness (QED) is 0.769. The van der Waals surface area contributed by atoms with Gasteiger partial charge in [-0.05, 0) is 30.7 Å². The maximum atomic E-state index is 5.83. The predicted octanol–water partition coefficient (Wildman–Crippen LogP) is 3.27. The minimum Gasteiger partial charge on any atom is -0.497 e. The van der Waals surface area contributed by atoms with Gasteiger partial charge in [-0.1, -0.05) is 13.3 Å². The molecule has 0 atom stereocenters. The topological polar surface area (TPSA) is 47.3 Å². The van der Waals surface area contributed by atoms with Gasteiger partial charge in [0.05, 0.1) is 7.11 Å². The van der Waals surface area contributed by atoms with Gasteiger partial charge >= 0.3 is 0 Å². The van der Waals surface area contributed by atoms with E-state index in [9.17, 15) is 0 Å². The van der Waals surface area contributed by atoms with Crippen molar-refractivity contribution in [3.8, 4) is 5.75 Å². The maximum Gasteiger partial charge on any atom is 0.122 e. The van der Waals surface area contributed by atoms with Crippen molar-refractivity contribution < 1.29 is 4.74 Å². The van der Waals surface area contributed by atoms with Crippen molar-refractivity contribution in [3.63, 3.8) is 0 Å². The van der Waals surface area contributed by atoms with Gasteiger partial charge in [0.25, 0.3) is 0 Å². The van der Waals surface area contributed by atoms with Gasteiger partial charge in [-0.2, -0.15) is 0 Å². The second-order valence-electron chi connectivity index (χ2n) is 5.06. The van der Waals surface area contributed by atoms with Gasteiger partial charge in [-0.15, -0.1) is 0 Å². The molecule has 3 N–H and O–H groups in total. The van der Waals surface area contributed by atoms with Gasteiger partial charge in [0.1, 0.15) is 5.75 Å². The molecular formula is C14H22N2O. The van der Waals surface area contributed by atoms with Crippen LogP contribution in [0.4, 0.5) is 11.4 Å². The molecule has 1 aliphatic carbocycles. The highest BCUT2D eigenvalue weighted by Gasteiger charge is 2.34. The Morgan fingerprint density at radius 3 is 2.65 bits per heavy atom. The number of methoxy groups -OCH3 is 1. The SMILES string of the molecule is CCC1(CNc2cc(N)cc(OC)c2)CCC1. The van der Waals surface area contributed by atoms with Crippen LogP contribution in [0.3, 0.4) is 0 Å². The first-order valence-electron chi connectivity index (χ1n) is 6.36. The molecule has 0 saturated heterocycles. The molecule has 0 aromatic heterocycles. The van der Waals surface area contributed by atoms with Crippen LogP contribution >= 0.6 is 0 Å². The first-order valence-corrected chi connectivity index (χ1v) is 6.36. The van der Waals surface area contributed by atoms with E-state index >= 15 is 0 Å². The van der Waals surface area contributed by atoms with Crippen molar-refractivity contribution in [2.24, 2.45) is 5.41 Å². The number of ether oxygens (including phenoxy) is 1. The number of rotatable bonds is 5. The first-order chi connectivity index (χ1) is 8.17. The van der Waals surface area contributed by atoms with E-state index in [1.165, 1.54) is 25.7 Å². The molecule has 0 bridgehead atoms. The Morgan fingerprint density at radius 1 is 1.35 bits per heavy atom. The van der Waals surface area contributed by atoms with Crippen LogP contribution in [0.2, 0.25) is 0 Å². The molecule has 3 nitrogen and oxygen atoms in total. The predicted molar refractivity (Wildman–Crippen MR) is 72.5 cm³/mol. The van der Waals surface area contributed by atoms with Crippen LogP contribution < -0.4 is 15.8 Å². The Labute approximate surface area is 103 Å². The van der Waals surface area contributed by atoms with E-state index in [0.29, 0.717) is 5.41 Å². The monoisotopic (exact) mass is 234 g/mol. The second kappa shape index (κ2) is 4.86. The normalized spacial score (nSPS) is 17.3. The largest absolute Gasteiger partial charge is 0.497 e. The van der Waals surface area contributed by atoms with Crippen molar-refractivity contribution in [1.29, 1.82) is 0 Å². The smallest absolute Gasteiger partial charge is 0.122 e. The minimum atomic E-state index is 0.512. The molecule has 0 unspecified atom stereocenters. The van der Waals surface area contributed by atoms with Crippen LogP contribution in [0, 0.1) is 5.41 Å². The molecule has 0 amide bonds. The zero-order valence-corrected chi connectivity index (χ0v) is 10.8. The number of benzene rings is 1. The summed E-state index contributed by atoms with van der Waals surface area (Å²) in [5.74, 6) is 0.812. The number of nitrogen functional groups attached to an aromatic ring is 1. The molecule has 1 aromatic carbocycles. The highest BCUT2D eigenvalue weighted by atomic mass is 16.5. The van der Waals surface area contributed by atoms with Crippen LogP contribution in [-0.4, -0.2) is 13.7 Å². The number of hydrogen-bond acceptors (Lipinski definition) is 3. The second-order valence-corrected chi connectivity index (χ2v) is 5.06. The zero-order chi connectivity index (χ0) is 12.3. The fourth-order valence-electron chi connectivity index (χ4n) is 2.46. The van der Waals surface area contributed by atoms with E-state index in [0.717, 1.165) is 23.7 Å². The van der Waals surface area contributed by atoms with Crippen molar-refractivity contribution >= 4 is 11.4 Å². The molecule has 17 heavy (non-hydrogen) atoms. The van der Waals surface area contributed by atoms with E-state index in [1.54, 1.807) is 7.11 Å². The van der Waals surface area contributed by atoms with Gasteiger partial charge < -0.3 is 15.8 Å². The lowest BCUT2D eigenvalue weighted by Crippen LogP contribution is -2.35. The van der Waals surface area contributed by atoms with E-state index < -0.39 is 0 Å². The van der Waals surface area contributed by atoms with E-state index in [-0.39, 0.29) is 0 Å². The molecule has 2 rings (SSSR count). The third-order valence-electron chi connectivity index (χ3n) is 4.00. The Morgan fingerprint density at radius 2 is 2.12 bits per heavy atom. The Balaban J connectivity index is 2.01. The summed E-state index contributed by atoms with van der Waals surface area (Å²) in [6.45, 7) is 3.32. The highest BCUT2D eigenvalue weighted by Crippen LogP contribution is 2.43. The van der Waals surface area contributed by atoms with Crippen molar-refractivity contribution in [1.82, 2.24) is 0 Å². The summed E-state index contributed by atoms with van der Waals surface area (Å²) in [7, 11) is 1.66. The van der Waals surface area contributed by atoms with Crippen LogP contribution in [0.5, 0.6) is 5.75 Å². The van der Waals surface area contributed by atoms with E-state index in [4.69, 9.17) is 10.5 Å². The minimum absolute atomic E-state index is 0.512. The number of anilines is 2. The van der Waals surface area contributed by atoms with Crippen LogP contribution in [0.25, 0.3) is 0 Å². The average molecular weight is 234 g/mol. The fourth-order valence-corrected chi connectivity index (χ4v) is 2.46. The molecular weight excluding hydrogens is 212 g/mol. The maximum absolute atomic E-state index is 5.83. The summed E-state index contributed by atoms with van der Waals surface area (Å²) in [6, 6.07) is 5.80. The van der Waals surface area contributed by atoms with Crippen LogP contribution in [-0.2, 0) is 0 Å². The molecule has 1 fully saturated rings. The lowest BCUT2D eigenvalue weighted by Gasteiger charge is -2.41. The molecule has 0 heterocycles. The molecule has 1 aliphatic rings. The summed E-state index contributed by atoms with van der Waals surface area (Å²) in [5, 5.41) is 3.49. The van der Waals surface area contributed by atoms with Gasteiger partial charge in [0, 0.05) is 30.1 Å². The third kappa shape index (κ3) is 2.65. The molecule has 0 aliphatic heterocycles. The van der Waals surface area contributed by atoms with Crippen molar-refractivity contribution in [3.05, 3.63) is 18.2 Å². The third-order valence-corrected chi connectivity index (χ3v) is 4.00. The summed E-state index contributed by atoms with van der Waals surface area (Å²) >= 11 is 0. The first kappa shape index (κ1) is 12.1. The summed E-state index contributed by atoms with van der Waals surface area (Å²) in [4.78, 5) is 0. The lowest BCUT2D eigenvalue weighted by atomic mass is 9.67. The number of hydrogen-bond donors (Lipinski definition) is 2. The summed E-state index contributed by atoms with van der Waals surface area (Å²) < 4.78 is 5.21. The van der Waals surface area contributed by atoms with Gasteiger partial charge in [-0.25, -0.2) is 0 Å². The lowest BCUT2D eigenvalue weighted by molar-refractivity contribution is 0.145. The van der Waals surface area contributed by atoms with Gasteiger partial charge in [-0.3, -0.25) is 0 Å². The molecule has 1 saturated carbocycles. The van der Waals surface area contributed by atoms with E-state index in [2.05, 4.69) is 12.2 Å². The van der Waals surface area contributed by atoms with E-state index in [1.807, 2.05) is 18.2 Å². The van der Waals surface area contributed by atoms with Crippen LogP contribution in [0.1, 0.15) is 32.6 Å². The fraction of sp³-hybridized carbons (Fsp3) is 0.571. The Hall–Kier alpha value is -1.38. The molecule has 3 heteroatoms. The Kier molecular flexibility index (Phi) is 3.46. The summed E-state index contributed by atoms with van der Waals surface area (Å²) in [6.07, 6.45) is 5.31. The van der Waals surface area contributed by atoms with Crippen molar-refractivity contribution in [2.45, 2.75) is 32.6 Å². The molecule has 1 aromatic rings. The molecule has 0 radical (unpaired) electrons. The van der Waals surface area contributed by atoms with Crippen LogP contribution in [0.15, 0.2) is 18.2 Å². The van der Waals surface area contributed by atoms with Crippen molar-refractivity contribution in [2.75, 3.05) is 24.7 Å². The average Bonchev–Trinajstić information content (AvgIpc) is 2.27. The van der Waals surface area contributed by atoms with Gasteiger partial charge in [0.2, 0.25) is 0 Å². The Bertz CT molecular complexity index is 380. The zero-order valence-electron chi connectivity index (χ0n) is 10.8. The number of nitrogens with one attached hydrogen (secondary N) is 1. The number of nitrogens with two attached hydrogens (primary N) is 1. The summed E-state index contributed by atoms with van der Waals surface area (Å²) in [5.41, 5.74) is 8.14. The molecule has 0 spiro atoms. The standard InChI is InChI=1S/C14H22N2O/c1-3-14(5-4-6-14)10-16-12-7-11(15)8-13(9-12)17-2/h7-9,16H,3-6,10,15H2,1-2H3. The van der Waals surface area contributed by atoms with Gasteiger partial charge in [0.15, 0.2) is 0 Å². The molecule has 94 valence electrons.